The number of hydrogen-bond donors (Lipinski definition) is 2. The molecule has 2 aromatic rings. The molecule has 0 aliphatic heterocycles. The molecule has 1 aromatic carbocycles. The van der Waals surface area contributed by atoms with E-state index in [-0.39, 0.29) is 6.61 Å². The van der Waals surface area contributed by atoms with Gasteiger partial charge in [-0.05, 0) is 31.0 Å². The van der Waals surface area contributed by atoms with Crippen LogP contribution in [0.1, 0.15) is 25.3 Å². The molecule has 2 N–H and O–H groups in total. The van der Waals surface area contributed by atoms with E-state index < -0.39 is 0 Å². The lowest BCUT2D eigenvalue weighted by Crippen LogP contribution is -2.22. The quantitative estimate of drug-likeness (QED) is 0.776. The van der Waals surface area contributed by atoms with Gasteiger partial charge in [0, 0.05) is 24.9 Å². The van der Waals surface area contributed by atoms with Gasteiger partial charge in [-0.25, -0.2) is 4.68 Å². The SMILES string of the molecule is CCC(CCO)CNCc1cnn(-c2ccccc2)c1. The maximum atomic E-state index is 8.97. The van der Waals surface area contributed by atoms with Gasteiger partial charge in [0.25, 0.3) is 0 Å². The maximum Gasteiger partial charge on any atom is 0.0645 e. The van der Waals surface area contributed by atoms with E-state index in [1.165, 1.54) is 5.56 Å². The second kappa shape index (κ2) is 7.82. The van der Waals surface area contributed by atoms with E-state index in [2.05, 4.69) is 23.5 Å². The van der Waals surface area contributed by atoms with Gasteiger partial charge in [0.05, 0.1) is 11.9 Å². The number of rotatable bonds is 8. The number of para-hydroxylation sites is 1. The minimum atomic E-state index is 0.270. The number of aromatic nitrogens is 2. The predicted molar refractivity (Wildman–Crippen MR) is 80.8 cm³/mol. The molecular formula is C16H23N3O. The van der Waals surface area contributed by atoms with Crippen LogP contribution in [0.25, 0.3) is 5.69 Å². The van der Waals surface area contributed by atoms with E-state index in [4.69, 9.17) is 5.11 Å². The van der Waals surface area contributed by atoms with Crippen LogP contribution < -0.4 is 5.32 Å². The molecule has 0 aliphatic rings. The monoisotopic (exact) mass is 273 g/mol. The van der Waals surface area contributed by atoms with Crippen LogP contribution in [0.2, 0.25) is 0 Å². The van der Waals surface area contributed by atoms with Crippen molar-refractivity contribution >= 4 is 0 Å². The van der Waals surface area contributed by atoms with Crippen molar-refractivity contribution in [1.82, 2.24) is 15.1 Å². The average Bonchev–Trinajstić information content (AvgIpc) is 2.96. The lowest BCUT2D eigenvalue weighted by atomic mass is 10.0. The Morgan fingerprint density at radius 3 is 2.80 bits per heavy atom. The van der Waals surface area contributed by atoms with Gasteiger partial charge >= 0.3 is 0 Å². The molecule has 1 unspecified atom stereocenters. The Bertz CT molecular complexity index is 495. The van der Waals surface area contributed by atoms with Gasteiger partial charge in [-0.1, -0.05) is 31.5 Å². The molecule has 1 heterocycles. The number of hydrogen-bond acceptors (Lipinski definition) is 3. The molecule has 1 atom stereocenters. The summed E-state index contributed by atoms with van der Waals surface area (Å²) in [6.45, 7) is 4.18. The third kappa shape index (κ3) is 4.18. The van der Waals surface area contributed by atoms with E-state index in [9.17, 15) is 0 Å². The van der Waals surface area contributed by atoms with Crippen molar-refractivity contribution in [2.75, 3.05) is 13.2 Å². The van der Waals surface area contributed by atoms with Crippen molar-refractivity contribution in [3.8, 4) is 5.69 Å². The highest BCUT2D eigenvalue weighted by atomic mass is 16.3. The Labute approximate surface area is 120 Å². The first-order valence-electron chi connectivity index (χ1n) is 7.24. The van der Waals surface area contributed by atoms with Crippen LogP contribution in [0.4, 0.5) is 0 Å². The van der Waals surface area contributed by atoms with E-state index in [0.717, 1.165) is 31.6 Å². The summed E-state index contributed by atoms with van der Waals surface area (Å²) < 4.78 is 1.89. The highest BCUT2D eigenvalue weighted by Gasteiger charge is 2.05. The Kier molecular flexibility index (Phi) is 5.77. The molecule has 4 heteroatoms. The molecule has 0 spiro atoms. The van der Waals surface area contributed by atoms with Crippen molar-refractivity contribution in [3.63, 3.8) is 0 Å². The van der Waals surface area contributed by atoms with Gasteiger partial charge in [0.1, 0.15) is 0 Å². The molecule has 108 valence electrons. The van der Waals surface area contributed by atoms with Crippen molar-refractivity contribution in [2.24, 2.45) is 5.92 Å². The summed E-state index contributed by atoms with van der Waals surface area (Å²) in [6, 6.07) is 10.1. The zero-order chi connectivity index (χ0) is 14.2. The lowest BCUT2D eigenvalue weighted by molar-refractivity contribution is 0.251. The smallest absolute Gasteiger partial charge is 0.0645 e. The molecule has 0 radical (unpaired) electrons. The van der Waals surface area contributed by atoms with Gasteiger partial charge in [0.2, 0.25) is 0 Å². The van der Waals surface area contributed by atoms with Gasteiger partial charge < -0.3 is 10.4 Å². The summed E-state index contributed by atoms with van der Waals surface area (Å²) in [6.07, 6.45) is 5.91. The van der Waals surface area contributed by atoms with E-state index in [1.54, 1.807) is 0 Å². The minimum absolute atomic E-state index is 0.270. The third-order valence-corrected chi connectivity index (χ3v) is 3.53. The normalized spacial score (nSPS) is 12.5. The molecule has 0 saturated carbocycles. The molecule has 0 amide bonds. The van der Waals surface area contributed by atoms with Gasteiger partial charge in [-0.3, -0.25) is 0 Å². The molecule has 2 rings (SSSR count). The summed E-state index contributed by atoms with van der Waals surface area (Å²) in [4.78, 5) is 0. The number of nitrogens with zero attached hydrogens (tertiary/aromatic N) is 2. The van der Waals surface area contributed by atoms with Crippen LogP contribution in [0.3, 0.4) is 0 Å². The van der Waals surface area contributed by atoms with Crippen LogP contribution in [0.15, 0.2) is 42.7 Å². The molecule has 0 saturated heterocycles. The number of aliphatic hydroxyl groups excluding tert-OH is 1. The first kappa shape index (κ1) is 14.8. The number of aliphatic hydroxyl groups is 1. The molecule has 0 bridgehead atoms. The maximum absolute atomic E-state index is 8.97. The summed E-state index contributed by atoms with van der Waals surface area (Å²) in [5.41, 5.74) is 2.25. The third-order valence-electron chi connectivity index (χ3n) is 3.53. The molecule has 0 aliphatic carbocycles. The fourth-order valence-corrected chi connectivity index (χ4v) is 2.23. The van der Waals surface area contributed by atoms with Crippen molar-refractivity contribution in [2.45, 2.75) is 26.3 Å². The van der Waals surface area contributed by atoms with Crippen LogP contribution in [0.5, 0.6) is 0 Å². The molecular weight excluding hydrogens is 250 g/mol. The Balaban J connectivity index is 1.84. The van der Waals surface area contributed by atoms with Crippen molar-refractivity contribution in [1.29, 1.82) is 0 Å². The zero-order valence-corrected chi connectivity index (χ0v) is 12.0. The zero-order valence-electron chi connectivity index (χ0n) is 12.0. The highest BCUT2D eigenvalue weighted by molar-refractivity contribution is 5.30. The van der Waals surface area contributed by atoms with Gasteiger partial charge in [-0.15, -0.1) is 0 Å². The molecule has 4 nitrogen and oxygen atoms in total. The van der Waals surface area contributed by atoms with Crippen LogP contribution in [0, 0.1) is 5.92 Å². The second-order valence-electron chi connectivity index (χ2n) is 5.05. The Morgan fingerprint density at radius 1 is 1.30 bits per heavy atom. The van der Waals surface area contributed by atoms with E-state index in [0.29, 0.717) is 5.92 Å². The Morgan fingerprint density at radius 2 is 2.10 bits per heavy atom. The topological polar surface area (TPSA) is 50.1 Å². The second-order valence-corrected chi connectivity index (χ2v) is 5.05. The first-order chi connectivity index (χ1) is 9.83. The fourth-order valence-electron chi connectivity index (χ4n) is 2.23. The summed E-state index contributed by atoms with van der Waals surface area (Å²) >= 11 is 0. The van der Waals surface area contributed by atoms with Gasteiger partial charge in [0.15, 0.2) is 0 Å². The van der Waals surface area contributed by atoms with E-state index >= 15 is 0 Å². The average molecular weight is 273 g/mol. The highest BCUT2D eigenvalue weighted by Crippen LogP contribution is 2.09. The van der Waals surface area contributed by atoms with Crippen LogP contribution >= 0.6 is 0 Å². The standard InChI is InChI=1S/C16H23N3O/c1-2-14(8-9-20)10-17-11-15-12-18-19(13-15)16-6-4-3-5-7-16/h3-7,12-14,17,20H,2,8-11H2,1H3. The lowest BCUT2D eigenvalue weighted by Gasteiger charge is -2.13. The van der Waals surface area contributed by atoms with Gasteiger partial charge in [-0.2, -0.15) is 5.10 Å². The largest absolute Gasteiger partial charge is 0.396 e. The van der Waals surface area contributed by atoms with Crippen molar-refractivity contribution in [3.05, 3.63) is 48.3 Å². The van der Waals surface area contributed by atoms with Crippen molar-refractivity contribution < 1.29 is 5.11 Å². The van der Waals surface area contributed by atoms with Crippen LogP contribution in [-0.4, -0.2) is 28.0 Å². The number of nitrogens with one attached hydrogen (secondary N) is 1. The molecule has 1 aromatic heterocycles. The van der Waals surface area contributed by atoms with Crippen LogP contribution in [-0.2, 0) is 6.54 Å². The summed E-state index contributed by atoms with van der Waals surface area (Å²) in [5, 5.41) is 16.8. The minimum Gasteiger partial charge on any atom is -0.396 e. The molecule has 20 heavy (non-hydrogen) atoms. The molecule has 0 fully saturated rings. The number of benzene rings is 1. The fraction of sp³-hybridized carbons (Fsp3) is 0.438. The Hall–Kier alpha value is -1.65. The van der Waals surface area contributed by atoms with E-state index in [1.807, 2.05) is 41.2 Å². The first-order valence-corrected chi connectivity index (χ1v) is 7.24. The summed E-state index contributed by atoms with van der Waals surface area (Å²) in [5.74, 6) is 0.546. The summed E-state index contributed by atoms with van der Waals surface area (Å²) in [7, 11) is 0. The predicted octanol–water partition coefficient (Wildman–Crippen LogP) is 2.37.